The van der Waals surface area contributed by atoms with E-state index in [1.165, 1.54) is 17.4 Å². The maximum Gasteiger partial charge on any atom is 0.210 e. The Hall–Kier alpha value is -1.83. The van der Waals surface area contributed by atoms with E-state index < -0.39 is 0 Å². The van der Waals surface area contributed by atoms with Crippen molar-refractivity contribution < 1.29 is 4.39 Å². The Morgan fingerprint density at radius 1 is 1.15 bits per heavy atom. The van der Waals surface area contributed by atoms with Gasteiger partial charge in [0, 0.05) is 42.9 Å². The van der Waals surface area contributed by atoms with Gasteiger partial charge >= 0.3 is 0 Å². The molecule has 4 rings (SSSR count). The molecule has 1 saturated heterocycles. The van der Waals surface area contributed by atoms with Crippen molar-refractivity contribution in [3.63, 3.8) is 0 Å². The molecule has 0 spiro atoms. The third kappa shape index (κ3) is 3.79. The van der Waals surface area contributed by atoms with Gasteiger partial charge in [-0.1, -0.05) is 39.4 Å². The number of piperazine rings is 1. The van der Waals surface area contributed by atoms with E-state index in [9.17, 15) is 4.39 Å². The smallest absolute Gasteiger partial charge is 0.210 e. The van der Waals surface area contributed by atoms with Gasteiger partial charge in [-0.3, -0.25) is 0 Å². The molecule has 1 aliphatic rings. The summed E-state index contributed by atoms with van der Waals surface area (Å²) in [6, 6.07) is 11.3. The van der Waals surface area contributed by atoms with Crippen LogP contribution in [0, 0.1) is 5.82 Å². The zero-order valence-corrected chi connectivity index (χ0v) is 16.7. The number of aromatic nitrogens is 1. The molecule has 0 aliphatic carbocycles. The van der Waals surface area contributed by atoms with Crippen molar-refractivity contribution in [1.29, 1.82) is 0 Å². The van der Waals surface area contributed by atoms with E-state index in [1.807, 2.05) is 30.3 Å². The standard InChI is InChI=1S/C19H18BrFN4S/c1-24-6-8-25(9-7-24)17-11-18-16(10-15(17)21)23-19(26-18)22-12-13-2-4-14(20)5-3-13/h2-5,10-12H,6-9H2,1H3/b22-12+. The molecular formula is C19H18BrFN4S. The Morgan fingerprint density at radius 3 is 2.62 bits per heavy atom. The second-order valence-electron chi connectivity index (χ2n) is 6.37. The summed E-state index contributed by atoms with van der Waals surface area (Å²) in [4.78, 5) is 13.3. The van der Waals surface area contributed by atoms with E-state index in [0.29, 0.717) is 16.3 Å². The van der Waals surface area contributed by atoms with Crippen LogP contribution in [0.1, 0.15) is 5.56 Å². The predicted molar refractivity (Wildman–Crippen MR) is 111 cm³/mol. The molecule has 0 radical (unpaired) electrons. The minimum Gasteiger partial charge on any atom is -0.367 e. The summed E-state index contributed by atoms with van der Waals surface area (Å²) in [7, 11) is 2.09. The first-order valence-corrected chi connectivity index (χ1v) is 10.0. The number of nitrogens with zero attached hydrogens (tertiary/aromatic N) is 4. The fraction of sp³-hybridized carbons (Fsp3) is 0.263. The molecule has 0 unspecified atom stereocenters. The van der Waals surface area contributed by atoms with Crippen LogP contribution in [-0.4, -0.2) is 49.3 Å². The van der Waals surface area contributed by atoms with Crippen molar-refractivity contribution >= 4 is 54.5 Å². The second kappa shape index (κ2) is 7.42. The Bertz CT molecular complexity index is 946. The van der Waals surface area contributed by atoms with E-state index in [0.717, 1.165) is 40.9 Å². The summed E-state index contributed by atoms with van der Waals surface area (Å²) in [6.07, 6.45) is 1.78. The minimum atomic E-state index is -0.212. The first kappa shape index (κ1) is 17.6. The number of rotatable bonds is 3. The largest absolute Gasteiger partial charge is 0.367 e. The van der Waals surface area contributed by atoms with Crippen LogP contribution in [-0.2, 0) is 0 Å². The van der Waals surface area contributed by atoms with Gasteiger partial charge < -0.3 is 9.80 Å². The second-order valence-corrected chi connectivity index (χ2v) is 8.29. The Kier molecular flexibility index (Phi) is 5.02. The van der Waals surface area contributed by atoms with Crippen LogP contribution < -0.4 is 4.90 Å². The number of fused-ring (bicyclic) bond motifs is 1. The fourth-order valence-electron chi connectivity index (χ4n) is 2.95. The lowest BCUT2D eigenvalue weighted by atomic mass is 10.2. The van der Waals surface area contributed by atoms with Crippen molar-refractivity contribution in [2.45, 2.75) is 0 Å². The SMILES string of the molecule is CN1CCN(c2cc3sc(/N=C/c4ccc(Br)cc4)nc3cc2F)CC1. The number of likely N-dealkylation sites (N-methyl/N-ethyl adjacent to an activating group) is 1. The average molecular weight is 433 g/mol. The molecule has 1 fully saturated rings. The van der Waals surface area contributed by atoms with Gasteiger partial charge in [-0.25, -0.2) is 14.4 Å². The topological polar surface area (TPSA) is 31.7 Å². The molecule has 0 N–H and O–H groups in total. The molecule has 1 aliphatic heterocycles. The molecule has 0 bridgehead atoms. The van der Waals surface area contributed by atoms with Gasteiger partial charge in [-0.05, 0) is 30.8 Å². The highest BCUT2D eigenvalue weighted by Crippen LogP contribution is 2.33. The first-order valence-electron chi connectivity index (χ1n) is 8.42. The molecule has 2 aromatic carbocycles. The molecule has 3 aromatic rings. The van der Waals surface area contributed by atoms with Gasteiger partial charge in [0.05, 0.1) is 15.9 Å². The van der Waals surface area contributed by atoms with Gasteiger partial charge in [-0.15, -0.1) is 0 Å². The summed E-state index contributed by atoms with van der Waals surface area (Å²) in [5, 5.41) is 0.637. The van der Waals surface area contributed by atoms with Crippen molar-refractivity contribution in [1.82, 2.24) is 9.88 Å². The molecule has 2 heterocycles. The molecule has 1 aromatic heterocycles. The lowest BCUT2D eigenvalue weighted by Gasteiger charge is -2.34. The number of aliphatic imine (C=N–C) groups is 1. The zero-order valence-electron chi connectivity index (χ0n) is 14.3. The van der Waals surface area contributed by atoms with Gasteiger partial charge in [0.15, 0.2) is 0 Å². The van der Waals surface area contributed by atoms with Crippen molar-refractivity contribution in [3.05, 3.63) is 52.3 Å². The molecule has 134 valence electrons. The summed E-state index contributed by atoms with van der Waals surface area (Å²) >= 11 is 4.90. The highest BCUT2D eigenvalue weighted by molar-refractivity contribution is 9.10. The molecular weight excluding hydrogens is 415 g/mol. The maximum atomic E-state index is 14.6. The predicted octanol–water partition coefficient (Wildman–Crippen LogP) is 4.70. The summed E-state index contributed by atoms with van der Waals surface area (Å²) < 4.78 is 16.6. The Balaban J connectivity index is 1.60. The number of hydrogen-bond acceptors (Lipinski definition) is 5. The molecule has 0 atom stereocenters. The highest BCUT2D eigenvalue weighted by Gasteiger charge is 2.19. The van der Waals surface area contributed by atoms with Gasteiger partial charge in [0.2, 0.25) is 5.13 Å². The number of halogens is 2. The van der Waals surface area contributed by atoms with Gasteiger partial charge in [-0.2, -0.15) is 0 Å². The summed E-state index contributed by atoms with van der Waals surface area (Å²) in [5.41, 5.74) is 2.32. The highest BCUT2D eigenvalue weighted by atomic mass is 79.9. The van der Waals surface area contributed by atoms with Crippen LogP contribution in [0.15, 0.2) is 45.9 Å². The van der Waals surface area contributed by atoms with Crippen LogP contribution in [0.3, 0.4) is 0 Å². The van der Waals surface area contributed by atoms with Crippen LogP contribution in [0.4, 0.5) is 15.2 Å². The van der Waals surface area contributed by atoms with E-state index in [2.05, 4.69) is 42.8 Å². The lowest BCUT2D eigenvalue weighted by Crippen LogP contribution is -2.44. The Labute approximate surface area is 164 Å². The Morgan fingerprint density at radius 2 is 1.88 bits per heavy atom. The van der Waals surface area contributed by atoms with Crippen LogP contribution in [0.2, 0.25) is 0 Å². The third-order valence-corrected chi connectivity index (χ3v) is 5.94. The van der Waals surface area contributed by atoms with Crippen molar-refractivity contribution in [2.75, 3.05) is 38.1 Å². The molecule has 7 heteroatoms. The van der Waals surface area contributed by atoms with E-state index in [-0.39, 0.29) is 5.82 Å². The monoisotopic (exact) mass is 432 g/mol. The zero-order chi connectivity index (χ0) is 18.1. The van der Waals surface area contributed by atoms with Gasteiger partial charge in [0.1, 0.15) is 5.82 Å². The lowest BCUT2D eigenvalue weighted by molar-refractivity contribution is 0.312. The van der Waals surface area contributed by atoms with Crippen LogP contribution in [0.25, 0.3) is 10.2 Å². The van der Waals surface area contributed by atoms with E-state index >= 15 is 0 Å². The maximum absolute atomic E-state index is 14.6. The van der Waals surface area contributed by atoms with Crippen molar-refractivity contribution in [3.8, 4) is 0 Å². The summed E-state index contributed by atoms with van der Waals surface area (Å²) in [5.74, 6) is -0.212. The first-order chi connectivity index (χ1) is 12.6. The van der Waals surface area contributed by atoms with Crippen LogP contribution >= 0.6 is 27.3 Å². The summed E-state index contributed by atoms with van der Waals surface area (Å²) in [6.45, 7) is 3.57. The minimum absolute atomic E-state index is 0.212. The number of thiazole rings is 1. The fourth-order valence-corrected chi connectivity index (χ4v) is 4.04. The number of benzene rings is 2. The van der Waals surface area contributed by atoms with Gasteiger partial charge in [0.25, 0.3) is 0 Å². The number of hydrogen-bond donors (Lipinski definition) is 0. The normalized spacial score (nSPS) is 16.0. The van der Waals surface area contributed by atoms with Crippen LogP contribution in [0.5, 0.6) is 0 Å². The molecule has 0 saturated carbocycles. The molecule has 0 amide bonds. The molecule has 4 nitrogen and oxygen atoms in total. The van der Waals surface area contributed by atoms with Crippen molar-refractivity contribution in [2.24, 2.45) is 4.99 Å². The third-order valence-electron chi connectivity index (χ3n) is 4.48. The molecule has 26 heavy (non-hydrogen) atoms. The average Bonchev–Trinajstić information content (AvgIpc) is 3.03. The quantitative estimate of drug-likeness (QED) is 0.562. The van der Waals surface area contributed by atoms with E-state index in [4.69, 9.17) is 0 Å². The van der Waals surface area contributed by atoms with E-state index in [1.54, 1.807) is 6.21 Å². The number of anilines is 1.